The molecule has 0 fully saturated rings. The van der Waals surface area contributed by atoms with E-state index in [1.54, 1.807) is 12.1 Å². The maximum absolute atomic E-state index is 10.8. The van der Waals surface area contributed by atoms with Gasteiger partial charge in [-0.25, -0.2) is 4.79 Å². The zero-order chi connectivity index (χ0) is 11.4. The number of hydrogen-bond acceptors (Lipinski definition) is 3. The van der Waals surface area contributed by atoms with E-state index in [-0.39, 0.29) is 5.56 Å². The standard InChI is InChI=1S/C10H11NO4/c1-6(10(13)14)15-8-4-2-3-7(5-8)9(11)12/h2-6H,1H3,(H2,11,12)(H,13,14)/t6-/m0/s1. The van der Waals surface area contributed by atoms with Gasteiger partial charge in [0, 0.05) is 5.56 Å². The van der Waals surface area contributed by atoms with Crippen molar-refractivity contribution >= 4 is 11.9 Å². The minimum absolute atomic E-state index is 0.282. The number of hydrogen-bond donors (Lipinski definition) is 2. The number of rotatable bonds is 4. The van der Waals surface area contributed by atoms with Crippen LogP contribution in [0.2, 0.25) is 0 Å². The van der Waals surface area contributed by atoms with Crippen LogP contribution in [0.15, 0.2) is 24.3 Å². The van der Waals surface area contributed by atoms with Crippen LogP contribution in [0.3, 0.4) is 0 Å². The van der Waals surface area contributed by atoms with E-state index >= 15 is 0 Å². The van der Waals surface area contributed by atoms with Gasteiger partial charge < -0.3 is 15.6 Å². The average molecular weight is 209 g/mol. The van der Waals surface area contributed by atoms with Gasteiger partial charge in [-0.2, -0.15) is 0 Å². The summed E-state index contributed by atoms with van der Waals surface area (Å²) >= 11 is 0. The topological polar surface area (TPSA) is 89.6 Å². The molecular weight excluding hydrogens is 198 g/mol. The second-order valence-corrected chi connectivity index (χ2v) is 2.99. The molecule has 15 heavy (non-hydrogen) atoms. The van der Waals surface area contributed by atoms with Crippen LogP contribution in [-0.2, 0) is 4.79 Å². The molecular formula is C10H11NO4. The monoisotopic (exact) mass is 209 g/mol. The SMILES string of the molecule is C[C@H](Oc1cccc(C(N)=O)c1)C(=O)O. The third-order valence-electron chi connectivity index (χ3n) is 1.78. The summed E-state index contributed by atoms with van der Waals surface area (Å²) in [5, 5.41) is 8.61. The molecule has 5 nitrogen and oxygen atoms in total. The van der Waals surface area contributed by atoms with Crippen molar-refractivity contribution in [3.05, 3.63) is 29.8 Å². The lowest BCUT2D eigenvalue weighted by molar-refractivity contribution is -0.144. The number of carboxylic acid groups (broad SMARTS) is 1. The summed E-state index contributed by atoms with van der Waals surface area (Å²) in [6.07, 6.45) is -0.965. The molecule has 1 atom stereocenters. The van der Waals surface area contributed by atoms with E-state index in [2.05, 4.69) is 0 Å². The molecule has 0 aliphatic heterocycles. The van der Waals surface area contributed by atoms with Gasteiger partial charge in [0.2, 0.25) is 5.91 Å². The highest BCUT2D eigenvalue weighted by atomic mass is 16.5. The molecule has 1 amide bonds. The van der Waals surface area contributed by atoms with Gasteiger partial charge in [-0.05, 0) is 25.1 Å². The van der Waals surface area contributed by atoms with Gasteiger partial charge in [0.1, 0.15) is 5.75 Å². The van der Waals surface area contributed by atoms with Gasteiger partial charge >= 0.3 is 5.97 Å². The Hall–Kier alpha value is -2.04. The Bertz CT molecular complexity index is 389. The maximum Gasteiger partial charge on any atom is 0.344 e. The number of carboxylic acids is 1. The smallest absolute Gasteiger partial charge is 0.344 e. The number of nitrogens with two attached hydrogens (primary N) is 1. The molecule has 80 valence electrons. The molecule has 3 N–H and O–H groups in total. The van der Waals surface area contributed by atoms with Gasteiger partial charge in [-0.3, -0.25) is 4.79 Å². The number of carbonyl (C=O) groups is 2. The summed E-state index contributed by atoms with van der Waals surface area (Å²) < 4.78 is 5.06. The number of primary amides is 1. The van der Waals surface area contributed by atoms with Crippen molar-refractivity contribution in [1.82, 2.24) is 0 Å². The van der Waals surface area contributed by atoms with E-state index in [9.17, 15) is 9.59 Å². The summed E-state index contributed by atoms with van der Waals surface area (Å²) in [5.41, 5.74) is 5.34. The van der Waals surface area contributed by atoms with Gasteiger partial charge in [0.15, 0.2) is 6.10 Å². The predicted molar refractivity (Wildman–Crippen MR) is 52.7 cm³/mol. The minimum atomic E-state index is -1.07. The van der Waals surface area contributed by atoms with E-state index in [1.165, 1.54) is 19.1 Å². The van der Waals surface area contributed by atoms with Crippen molar-refractivity contribution in [3.8, 4) is 5.75 Å². The Morgan fingerprint density at radius 2 is 2.13 bits per heavy atom. The van der Waals surface area contributed by atoms with Crippen LogP contribution in [0.4, 0.5) is 0 Å². The molecule has 0 bridgehead atoms. The van der Waals surface area contributed by atoms with E-state index in [1.807, 2.05) is 0 Å². The molecule has 0 saturated carbocycles. The number of ether oxygens (including phenoxy) is 1. The Morgan fingerprint density at radius 3 is 2.67 bits per heavy atom. The molecule has 1 aromatic rings. The first kappa shape index (κ1) is 11.0. The first-order valence-corrected chi connectivity index (χ1v) is 4.30. The third-order valence-corrected chi connectivity index (χ3v) is 1.78. The first-order chi connectivity index (χ1) is 7.00. The minimum Gasteiger partial charge on any atom is -0.479 e. The van der Waals surface area contributed by atoms with Gasteiger partial charge in [0.05, 0.1) is 0 Å². The highest BCUT2D eigenvalue weighted by Crippen LogP contribution is 2.14. The second kappa shape index (κ2) is 4.45. The quantitative estimate of drug-likeness (QED) is 0.761. The fourth-order valence-corrected chi connectivity index (χ4v) is 0.977. The number of aliphatic carboxylic acids is 1. The summed E-state index contributed by atoms with van der Waals surface area (Å²) in [7, 11) is 0. The number of amides is 1. The van der Waals surface area contributed by atoms with E-state index in [4.69, 9.17) is 15.6 Å². The Balaban J connectivity index is 2.82. The lowest BCUT2D eigenvalue weighted by Crippen LogP contribution is -2.23. The molecule has 0 aromatic heterocycles. The fraction of sp³-hybridized carbons (Fsp3) is 0.200. The number of benzene rings is 1. The van der Waals surface area contributed by atoms with Crippen molar-refractivity contribution in [1.29, 1.82) is 0 Å². The zero-order valence-corrected chi connectivity index (χ0v) is 8.14. The lowest BCUT2D eigenvalue weighted by Gasteiger charge is -2.10. The fourth-order valence-electron chi connectivity index (χ4n) is 0.977. The lowest BCUT2D eigenvalue weighted by atomic mass is 10.2. The summed E-state index contributed by atoms with van der Waals surface area (Å²) in [6.45, 7) is 1.40. The van der Waals surface area contributed by atoms with Gasteiger partial charge in [-0.15, -0.1) is 0 Å². The Morgan fingerprint density at radius 1 is 1.47 bits per heavy atom. The Kier molecular flexibility index (Phi) is 3.28. The highest BCUT2D eigenvalue weighted by Gasteiger charge is 2.12. The molecule has 0 unspecified atom stereocenters. The van der Waals surface area contributed by atoms with Crippen molar-refractivity contribution < 1.29 is 19.4 Å². The number of carbonyl (C=O) groups excluding carboxylic acids is 1. The third kappa shape index (κ3) is 2.98. The van der Waals surface area contributed by atoms with Crippen LogP contribution in [0.5, 0.6) is 5.75 Å². The molecule has 0 heterocycles. The zero-order valence-electron chi connectivity index (χ0n) is 8.14. The van der Waals surface area contributed by atoms with Gasteiger partial charge in [-0.1, -0.05) is 6.07 Å². The van der Waals surface area contributed by atoms with Crippen LogP contribution in [0, 0.1) is 0 Å². The first-order valence-electron chi connectivity index (χ1n) is 4.30. The van der Waals surface area contributed by atoms with E-state index < -0.39 is 18.0 Å². The van der Waals surface area contributed by atoms with Crippen molar-refractivity contribution in [3.63, 3.8) is 0 Å². The highest BCUT2D eigenvalue weighted by molar-refractivity contribution is 5.93. The average Bonchev–Trinajstić information content (AvgIpc) is 2.18. The van der Waals surface area contributed by atoms with Crippen LogP contribution in [0.25, 0.3) is 0 Å². The second-order valence-electron chi connectivity index (χ2n) is 2.99. The summed E-state index contributed by atoms with van der Waals surface area (Å²) in [5.74, 6) is -1.34. The molecule has 0 aliphatic carbocycles. The Labute approximate surface area is 86.5 Å². The van der Waals surface area contributed by atoms with E-state index in [0.29, 0.717) is 5.75 Å². The maximum atomic E-state index is 10.8. The molecule has 0 aliphatic rings. The van der Waals surface area contributed by atoms with Crippen molar-refractivity contribution in [2.75, 3.05) is 0 Å². The molecule has 1 aromatic carbocycles. The van der Waals surface area contributed by atoms with Crippen molar-refractivity contribution in [2.45, 2.75) is 13.0 Å². The summed E-state index contributed by atoms with van der Waals surface area (Å²) in [6, 6.07) is 6.07. The molecule has 0 spiro atoms. The van der Waals surface area contributed by atoms with Crippen LogP contribution >= 0.6 is 0 Å². The molecule has 5 heteroatoms. The van der Waals surface area contributed by atoms with Crippen molar-refractivity contribution in [2.24, 2.45) is 5.73 Å². The summed E-state index contributed by atoms with van der Waals surface area (Å²) in [4.78, 5) is 21.3. The van der Waals surface area contributed by atoms with Crippen LogP contribution in [0.1, 0.15) is 17.3 Å². The normalized spacial score (nSPS) is 11.8. The van der Waals surface area contributed by atoms with Gasteiger partial charge in [0.25, 0.3) is 0 Å². The predicted octanol–water partition coefficient (Wildman–Crippen LogP) is 0.637. The molecule has 0 radical (unpaired) electrons. The molecule has 0 saturated heterocycles. The van der Waals surface area contributed by atoms with Crippen LogP contribution < -0.4 is 10.5 Å². The molecule has 1 rings (SSSR count). The largest absolute Gasteiger partial charge is 0.479 e. The van der Waals surface area contributed by atoms with E-state index in [0.717, 1.165) is 0 Å². The van der Waals surface area contributed by atoms with Crippen LogP contribution in [-0.4, -0.2) is 23.1 Å².